The van der Waals surface area contributed by atoms with Crippen LogP contribution in [0.15, 0.2) is 18.2 Å². The Morgan fingerprint density at radius 2 is 1.76 bits per heavy atom. The average Bonchev–Trinajstić information content (AvgIpc) is 3.16. The van der Waals surface area contributed by atoms with E-state index in [4.69, 9.17) is 11.6 Å². The third-order valence-corrected chi connectivity index (χ3v) is 5.25. The van der Waals surface area contributed by atoms with Gasteiger partial charge in [0, 0.05) is 38.6 Å². The van der Waals surface area contributed by atoms with Gasteiger partial charge in [0.15, 0.2) is 0 Å². The fourth-order valence-electron chi connectivity index (χ4n) is 3.42. The number of rotatable bonds is 3. The summed E-state index contributed by atoms with van der Waals surface area (Å²) in [5.41, 5.74) is 0.765. The highest BCUT2D eigenvalue weighted by atomic mass is 35.5. The standard InChI is InChI=1S/C18H23ClFN3O2/c19-15-11-13(3-4-16(15)20)12-21-17(24)14-5-9-23(10-6-14)18(25)22-7-1-2-8-22/h3-4,11,14H,1-2,5-10,12H2,(H,21,24). The number of likely N-dealkylation sites (tertiary alicyclic amines) is 2. The second kappa shape index (κ2) is 8.04. The van der Waals surface area contributed by atoms with Crippen LogP contribution in [0.25, 0.3) is 0 Å². The molecule has 136 valence electrons. The van der Waals surface area contributed by atoms with Gasteiger partial charge in [0.25, 0.3) is 0 Å². The van der Waals surface area contributed by atoms with Crippen LogP contribution in [-0.4, -0.2) is 47.9 Å². The second-order valence-corrected chi connectivity index (χ2v) is 7.11. The Morgan fingerprint density at radius 3 is 2.40 bits per heavy atom. The van der Waals surface area contributed by atoms with E-state index in [9.17, 15) is 14.0 Å². The first-order valence-corrected chi connectivity index (χ1v) is 9.18. The molecule has 1 aromatic rings. The van der Waals surface area contributed by atoms with E-state index in [0.717, 1.165) is 31.5 Å². The maximum atomic E-state index is 13.1. The first-order valence-electron chi connectivity index (χ1n) is 8.80. The van der Waals surface area contributed by atoms with Crippen LogP contribution in [0.5, 0.6) is 0 Å². The number of carbonyl (C=O) groups is 2. The molecule has 0 aliphatic carbocycles. The Bertz CT molecular complexity index is 641. The maximum Gasteiger partial charge on any atom is 0.319 e. The van der Waals surface area contributed by atoms with Crippen LogP contribution < -0.4 is 5.32 Å². The number of hydrogen-bond acceptors (Lipinski definition) is 2. The molecular weight excluding hydrogens is 345 g/mol. The van der Waals surface area contributed by atoms with Crippen molar-refractivity contribution in [1.82, 2.24) is 15.1 Å². The van der Waals surface area contributed by atoms with E-state index in [1.165, 1.54) is 12.1 Å². The lowest BCUT2D eigenvalue weighted by Crippen LogP contribution is -2.47. The number of nitrogens with one attached hydrogen (secondary N) is 1. The molecule has 2 heterocycles. The van der Waals surface area contributed by atoms with Crippen molar-refractivity contribution in [3.8, 4) is 0 Å². The normalized spacial score (nSPS) is 18.5. The van der Waals surface area contributed by atoms with Crippen molar-refractivity contribution < 1.29 is 14.0 Å². The quantitative estimate of drug-likeness (QED) is 0.892. The predicted molar refractivity (Wildman–Crippen MR) is 93.8 cm³/mol. The SMILES string of the molecule is O=C(NCc1ccc(F)c(Cl)c1)C1CCN(C(=O)N2CCCC2)CC1. The molecule has 0 unspecified atom stereocenters. The number of carbonyl (C=O) groups excluding carboxylic acids is 2. The zero-order valence-corrected chi connectivity index (χ0v) is 14.9. The topological polar surface area (TPSA) is 52.7 Å². The van der Waals surface area contributed by atoms with Crippen LogP contribution in [0.3, 0.4) is 0 Å². The summed E-state index contributed by atoms with van der Waals surface area (Å²) in [5.74, 6) is -0.570. The van der Waals surface area contributed by atoms with Crippen molar-refractivity contribution >= 4 is 23.5 Å². The molecule has 0 radical (unpaired) electrons. The van der Waals surface area contributed by atoms with Gasteiger partial charge in [-0.1, -0.05) is 17.7 Å². The molecule has 0 bridgehead atoms. The number of urea groups is 1. The molecule has 2 saturated heterocycles. The molecular formula is C18H23ClFN3O2. The van der Waals surface area contributed by atoms with Crippen LogP contribution >= 0.6 is 11.6 Å². The molecule has 7 heteroatoms. The molecule has 2 fully saturated rings. The Balaban J connectivity index is 1.44. The van der Waals surface area contributed by atoms with E-state index in [1.54, 1.807) is 6.07 Å². The summed E-state index contributed by atoms with van der Waals surface area (Å²) in [4.78, 5) is 28.4. The molecule has 5 nitrogen and oxygen atoms in total. The molecule has 0 saturated carbocycles. The fraction of sp³-hybridized carbons (Fsp3) is 0.556. The van der Waals surface area contributed by atoms with Crippen LogP contribution in [0.4, 0.5) is 9.18 Å². The van der Waals surface area contributed by atoms with Crippen molar-refractivity contribution in [2.45, 2.75) is 32.2 Å². The van der Waals surface area contributed by atoms with Crippen molar-refractivity contribution in [2.75, 3.05) is 26.2 Å². The van der Waals surface area contributed by atoms with Crippen molar-refractivity contribution in [3.63, 3.8) is 0 Å². The largest absolute Gasteiger partial charge is 0.352 e. The molecule has 25 heavy (non-hydrogen) atoms. The van der Waals surface area contributed by atoms with Gasteiger partial charge in [-0.3, -0.25) is 4.79 Å². The Kier molecular flexibility index (Phi) is 5.78. The van der Waals surface area contributed by atoms with Gasteiger partial charge in [0.2, 0.25) is 5.91 Å². The van der Waals surface area contributed by atoms with E-state index >= 15 is 0 Å². The van der Waals surface area contributed by atoms with Gasteiger partial charge in [-0.25, -0.2) is 9.18 Å². The van der Waals surface area contributed by atoms with Gasteiger partial charge in [-0.15, -0.1) is 0 Å². The lowest BCUT2D eigenvalue weighted by molar-refractivity contribution is -0.126. The van der Waals surface area contributed by atoms with Gasteiger partial charge in [0.1, 0.15) is 5.82 Å². The molecule has 0 spiro atoms. The van der Waals surface area contributed by atoms with Gasteiger partial charge in [-0.2, -0.15) is 0 Å². The second-order valence-electron chi connectivity index (χ2n) is 6.70. The Morgan fingerprint density at radius 1 is 1.12 bits per heavy atom. The summed E-state index contributed by atoms with van der Waals surface area (Å²) < 4.78 is 13.1. The number of amides is 3. The predicted octanol–water partition coefficient (Wildman–Crippen LogP) is 3.02. The summed E-state index contributed by atoms with van der Waals surface area (Å²) in [6, 6.07) is 4.54. The molecule has 1 N–H and O–H groups in total. The highest BCUT2D eigenvalue weighted by molar-refractivity contribution is 6.30. The lowest BCUT2D eigenvalue weighted by Gasteiger charge is -2.34. The van der Waals surface area contributed by atoms with E-state index in [1.807, 2.05) is 9.80 Å². The van der Waals surface area contributed by atoms with Crippen LogP contribution in [0.2, 0.25) is 5.02 Å². The van der Waals surface area contributed by atoms with E-state index < -0.39 is 5.82 Å². The van der Waals surface area contributed by atoms with Gasteiger partial charge < -0.3 is 15.1 Å². The highest BCUT2D eigenvalue weighted by Crippen LogP contribution is 2.21. The minimum absolute atomic E-state index is 0.0197. The number of halogens is 2. The van der Waals surface area contributed by atoms with Gasteiger partial charge >= 0.3 is 6.03 Å². The van der Waals surface area contributed by atoms with Gasteiger partial charge in [0.05, 0.1) is 5.02 Å². The minimum Gasteiger partial charge on any atom is -0.352 e. The number of piperidine rings is 1. The van der Waals surface area contributed by atoms with E-state index in [-0.39, 0.29) is 22.9 Å². The van der Waals surface area contributed by atoms with E-state index in [0.29, 0.717) is 32.5 Å². The summed E-state index contributed by atoms with van der Waals surface area (Å²) >= 11 is 5.75. The third-order valence-electron chi connectivity index (χ3n) is 4.96. The highest BCUT2D eigenvalue weighted by Gasteiger charge is 2.30. The number of nitrogens with zero attached hydrogens (tertiary/aromatic N) is 2. The summed E-state index contributed by atoms with van der Waals surface area (Å²) in [6.07, 6.45) is 3.52. The molecule has 2 aliphatic heterocycles. The van der Waals surface area contributed by atoms with Gasteiger partial charge in [-0.05, 0) is 43.4 Å². The molecule has 0 aromatic heterocycles. The summed E-state index contributed by atoms with van der Waals surface area (Å²) in [6.45, 7) is 3.26. The molecule has 2 aliphatic rings. The minimum atomic E-state index is -0.466. The maximum absolute atomic E-state index is 13.1. The van der Waals surface area contributed by atoms with Crippen LogP contribution in [0, 0.1) is 11.7 Å². The fourth-order valence-corrected chi connectivity index (χ4v) is 3.63. The summed E-state index contributed by atoms with van der Waals surface area (Å²) in [5, 5.41) is 2.94. The Labute approximate surface area is 152 Å². The van der Waals surface area contributed by atoms with Crippen LogP contribution in [-0.2, 0) is 11.3 Å². The van der Waals surface area contributed by atoms with Crippen molar-refractivity contribution in [3.05, 3.63) is 34.6 Å². The smallest absolute Gasteiger partial charge is 0.319 e. The van der Waals surface area contributed by atoms with Crippen molar-refractivity contribution in [1.29, 1.82) is 0 Å². The monoisotopic (exact) mass is 367 g/mol. The Hall–Kier alpha value is -1.82. The average molecular weight is 368 g/mol. The lowest BCUT2D eigenvalue weighted by atomic mass is 9.96. The first-order chi connectivity index (χ1) is 12.0. The number of hydrogen-bond donors (Lipinski definition) is 1. The van der Waals surface area contributed by atoms with E-state index in [2.05, 4.69) is 5.32 Å². The van der Waals surface area contributed by atoms with Crippen molar-refractivity contribution in [2.24, 2.45) is 5.92 Å². The molecule has 1 aromatic carbocycles. The summed E-state index contributed by atoms with van der Waals surface area (Å²) in [7, 11) is 0. The first kappa shape index (κ1) is 18.0. The third kappa shape index (κ3) is 4.42. The van der Waals surface area contributed by atoms with Crippen LogP contribution in [0.1, 0.15) is 31.2 Å². The number of benzene rings is 1. The zero-order valence-electron chi connectivity index (χ0n) is 14.1. The molecule has 3 amide bonds. The molecule has 0 atom stereocenters. The molecule has 3 rings (SSSR count). The zero-order chi connectivity index (χ0) is 17.8.